The van der Waals surface area contributed by atoms with Gasteiger partial charge in [-0.15, -0.1) is 0 Å². The maximum atomic E-state index is 6.06. The number of fused-ring (bicyclic) bond motifs is 1. The van der Waals surface area contributed by atoms with Crippen molar-refractivity contribution < 1.29 is 4.74 Å². The second kappa shape index (κ2) is 6.20. The van der Waals surface area contributed by atoms with Gasteiger partial charge in [0.1, 0.15) is 12.0 Å². The molecule has 0 amide bonds. The van der Waals surface area contributed by atoms with Crippen LogP contribution < -0.4 is 5.32 Å². The van der Waals surface area contributed by atoms with Crippen molar-refractivity contribution in [3.8, 4) is 0 Å². The van der Waals surface area contributed by atoms with Gasteiger partial charge in [-0.25, -0.2) is 0 Å². The second-order valence-electron chi connectivity index (χ2n) is 5.91. The van der Waals surface area contributed by atoms with Gasteiger partial charge in [-0.3, -0.25) is 9.98 Å². The molecular formula is C18H18ClN3O. The molecule has 1 atom stereocenters. The zero-order valence-corrected chi connectivity index (χ0v) is 13.5. The van der Waals surface area contributed by atoms with Gasteiger partial charge in [0.2, 0.25) is 0 Å². The molecule has 5 heteroatoms. The van der Waals surface area contributed by atoms with Crippen LogP contribution >= 0.6 is 11.6 Å². The highest BCUT2D eigenvalue weighted by Gasteiger charge is 2.31. The Morgan fingerprint density at radius 3 is 3.04 bits per heavy atom. The summed E-state index contributed by atoms with van der Waals surface area (Å²) in [6, 6.07) is 6.07. The maximum Gasteiger partial charge on any atom is 0.129 e. The molecule has 3 aliphatic rings. The summed E-state index contributed by atoms with van der Waals surface area (Å²) in [4.78, 5) is 9.14. The highest BCUT2D eigenvalue weighted by molar-refractivity contribution is 6.31. The molecule has 4 rings (SSSR count). The Kier molecular flexibility index (Phi) is 3.92. The normalized spacial score (nSPS) is 21.0. The topological polar surface area (TPSA) is 46.5 Å². The first kappa shape index (κ1) is 14.5. The van der Waals surface area contributed by atoms with Crippen molar-refractivity contribution in [2.45, 2.75) is 25.2 Å². The fourth-order valence-electron chi connectivity index (χ4n) is 3.41. The number of rotatable bonds is 4. The molecule has 1 aromatic heterocycles. The second-order valence-corrected chi connectivity index (χ2v) is 6.35. The molecule has 0 aromatic carbocycles. The third-order valence-corrected chi connectivity index (χ3v) is 4.65. The highest BCUT2D eigenvalue weighted by atomic mass is 35.5. The summed E-state index contributed by atoms with van der Waals surface area (Å²) < 4.78 is 5.82. The minimum absolute atomic E-state index is 0.187. The molecule has 0 bridgehead atoms. The Labute approximate surface area is 140 Å². The first-order valence-electron chi connectivity index (χ1n) is 7.95. The largest absolute Gasteiger partial charge is 0.463 e. The van der Waals surface area contributed by atoms with E-state index >= 15 is 0 Å². The quantitative estimate of drug-likeness (QED) is 0.918. The Morgan fingerprint density at radius 2 is 2.26 bits per heavy atom. The van der Waals surface area contributed by atoms with Gasteiger partial charge in [0.05, 0.1) is 17.4 Å². The lowest BCUT2D eigenvalue weighted by Crippen LogP contribution is -2.22. The van der Waals surface area contributed by atoms with Gasteiger partial charge in [0.25, 0.3) is 0 Å². The summed E-state index contributed by atoms with van der Waals surface area (Å²) >= 11 is 6.06. The van der Waals surface area contributed by atoms with E-state index in [9.17, 15) is 0 Å². The van der Waals surface area contributed by atoms with Crippen molar-refractivity contribution in [3.63, 3.8) is 0 Å². The third kappa shape index (κ3) is 2.91. The number of amidine groups is 1. The first-order valence-corrected chi connectivity index (χ1v) is 8.33. The number of allylic oxidation sites excluding steroid dienone is 4. The van der Waals surface area contributed by atoms with E-state index in [0.717, 1.165) is 49.6 Å². The smallest absolute Gasteiger partial charge is 0.129 e. The molecule has 0 fully saturated rings. The van der Waals surface area contributed by atoms with E-state index in [1.807, 2.05) is 24.4 Å². The molecule has 0 spiro atoms. The number of nitrogens with zero attached hydrogens (tertiary/aromatic N) is 2. The Balaban J connectivity index is 1.71. The van der Waals surface area contributed by atoms with Crippen molar-refractivity contribution in [2.75, 3.05) is 13.1 Å². The standard InChI is InChI=1S/C18H18ClN3O/c19-13-9-12-4-5-14(18(12)23-11-13)15(10-17-21-7-8-22-17)16-3-1-2-6-20-16/h1-3,6,9,11,15H,4-5,7-8,10H2,(H,21,22). The molecule has 3 heterocycles. The van der Waals surface area contributed by atoms with Gasteiger partial charge in [0, 0.05) is 30.8 Å². The molecule has 0 radical (unpaired) electrons. The molecule has 4 nitrogen and oxygen atoms in total. The zero-order chi connectivity index (χ0) is 15.6. The summed E-state index contributed by atoms with van der Waals surface area (Å²) in [5.41, 5.74) is 3.55. The number of aliphatic imine (C=N–C) groups is 1. The predicted octanol–water partition coefficient (Wildman–Crippen LogP) is 3.64. The lowest BCUT2D eigenvalue weighted by molar-refractivity contribution is 0.351. The molecule has 1 unspecified atom stereocenters. The summed E-state index contributed by atoms with van der Waals surface area (Å²) in [6.07, 6.45) is 8.26. The molecule has 0 saturated carbocycles. The van der Waals surface area contributed by atoms with Crippen LogP contribution in [0.15, 0.2) is 63.7 Å². The minimum Gasteiger partial charge on any atom is -0.463 e. The lowest BCUT2D eigenvalue weighted by atomic mass is 9.90. The van der Waals surface area contributed by atoms with Crippen LogP contribution in [-0.2, 0) is 4.74 Å². The molecular weight excluding hydrogens is 310 g/mol. The lowest BCUT2D eigenvalue weighted by Gasteiger charge is -2.20. The van der Waals surface area contributed by atoms with Gasteiger partial charge < -0.3 is 10.1 Å². The van der Waals surface area contributed by atoms with Crippen molar-refractivity contribution in [2.24, 2.45) is 4.99 Å². The van der Waals surface area contributed by atoms with Gasteiger partial charge in [-0.2, -0.15) is 0 Å². The highest BCUT2D eigenvalue weighted by Crippen LogP contribution is 2.43. The number of hydrogen-bond donors (Lipinski definition) is 1. The number of ether oxygens (including phenoxy) is 1. The first-order chi connectivity index (χ1) is 11.3. The van der Waals surface area contributed by atoms with Crippen LogP contribution in [0.25, 0.3) is 0 Å². The van der Waals surface area contributed by atoms with Crippen molar-refractivity contribution in [1.82, 2.24) is 10.3 Å². The summed E-state index contributed by atoms with van der Waals surface area (Å²) in [5.74, 6) is 2.23. The zero-order valence-electron chi connectivity index (χ0n) is 12.8. The van der Waals surface area contributed by atoms with Crippen LogP contribution in [0, 0.1) is 0 Å². The van der Waals surface area contributed by atoms with E-state index in [1.54, 1.807) is 6.26 Å². The summed E-state index contributed by atoms with van der Waals surface area (Å²) in [7, 11) is 0. The van der Waals surface area contributed by atoms with Crippen molar-refractivity contribution in [3.05, 3.63) is 64.4 Å². The van der Waals surface area contributed by atoms with Gasteiger partial charge in [-0.05, 0) is 42.2 Å². The average Bonchev–Trinajstić information content (AvgIpc) is 3.22. The molecule has 118 valence electrons. The maximum absolute atomic E-state index is 6.06. The van der Waals surface area contributed by atoms with Crippen LogP contribution in [0.3, 0.4) is 0 Å². The van der Waals surface area contributed by atoms with Crippen molar-refractivity contribution >= 4 is 17.4 Å². The molecule has 0 saturated heterocycles. The van der Waals surface area contributed by atoms with Crippen LogP contribution in [0.5, 0.6) is 0 Å². The van der Waals surface area contributed by atoms with E-state index in [1.165, 1.54) is 11.1 Å². The van der Waals surface area contributed by atoms with E-state index < -0.39 is 0 Å². The van der Waals surface area contributed by atoms with Gasteiger partial charge in [-0.1, -0.05) is 17.7 Å². The summed E-state index contributed by atoms with van der Waals surface area (Å²) in [6.45, 7) is 1.78. The van der Waals surface area contributed by atoms with E-state index in [4.69, 9.17) is 16.3 Å². The number of halogens is 1. The third-order valence-electron chi connectivity index (χ3n) is 4.45. The van der Waals surface area contributed by atoms with Crippen LogP contribution in [-0.4, -0.2) is 23.9 Å². The predicted molar refractivity (Wildman–Crippen MR) is 91.3 cm³/mol. The Hall–Kier alpha value is -2.07. The number of hydrogen-bond acceptors (Lipinski definition) is 4. The summed E-state index contributed by atoms with van der Waals surface area (Å²) in [5, 5.41) is 4.02. The molecule has 1 N–H and O–H groups in total. The van der Waals surface area contributed by atoms with Crippen LogP contribution in [0.1, 0.15) is 30.9 Å². The fourth-order valence-corrected chi connectivity index (χ4v) is 3.58. The number of nitrogens with one attached hydrogen (secondary N) is 1. The monoisotopic (exact) mass is 327 g/mol. The SMILES string of the molecule is ClC1=COC2=C(C(CC3=NCCN3)c3ccccn3)CCC2=C1. The fraction of sp³-hybridized carbons (Fsp3) is 0.333. The molecule has 23 heavy (non-hydrogen) atoms. The van der Waals surface area contributed by atoms with Gasteiger partial charge in [0.15, 0.2) is 0 Å². The minimum atomic E-state index is 0.187. The number of aromatic nitrogens is 1. The average molecular weight is 328 g/mol. The van der Waals surface area contributed by atoms with Crippen LogP contribution in [0.2, 0.25) is 0 Å². The van der Waals surface area contributed by atoms with Crippen LogP contribution in [0.4, 0.5) is 0 Å². The molecule has 1 aromatic rings. The molecule has 2 aliphatic heterocycles. The van der Waals surface area contributed by atoms with E-state index in [-0.39, 0.29) is 5.92 Å². The Bertz CT molecular complexity index is 734. The van der Waals surface area contributed by atoms with E-state index in [0.29, 0.717) is 5.03 Å². The van der Waals surface area contributed by atoms with Gasteiger partial charge >= 0.3 is 0 Å². The van der Waals surface area contributed by atoms with Crippen molar-refractivity contribution in [1.29, 1.82) is 0 Å². The molecule has 1 aliphatic carbocycles. The number of pyridine rings is 1. The Morgan fingerprint density at radius 1 is 1.30 bits per heavy atom. The van der Waals surface area contributed by atoms with E-state index in [2.05, 4.69) is 21.4 Å².